The Labute approximate surface area is 344 Å². The molecule has 2 aliphatic rings. The molecule has 9 aromatic carbocycles. The SMILES string of the molecule is c1ccc(-c2ccc(N(c3cccc(-c4ccc5c(c4)c4ccccc4n5-c4ccccc4)c3)c3ccc4c(c3)C3(Cc5ccccc5C3)c3ccccc3-4)cc2)cc1. The van der Waals surface area contributed by atoms with E-state index in [2.05, 4.69) is 228 Å². The van der Waals surface area contributed by atoms with Crippen molar-refractivity contribution in [3.63, 3.8) is 0 Å². The van der Waals surface area contributed by atoms with Crippen LogP contribution in [0.4, 0.5) is 17.1 Å². The number of hydrogen-bond donors (Lipinski definition) is 0. The largest absolute Gasteiger partial charge is 0.310 e. The minimum Gasteiger partial charge on any atom is -0.310 e. The molecule has 59 heavy (non-hydrogen) atoms. The van der Waals surface area contributed by atoms with E-state index < -0.39 is 0 Å². The highest BCUT2D eigenvalue weighted by Gasteiger charge is 2.47. The summed E-state index contributed by atoms with van der Waals surface area (Å²) in [5.74, 6) is 0. The predicted molar refractivity (Wildman–Crippen MR) is 246 cm³/mol. The summed E-state index contributed by atoms with van der Waals surface area (Å²) < 4.78 is 2.38. The summed E-state index contributed by atoms with van der Waals surface area (Å²) in [5.41, 5.74) is 20.2. The van der Waals surface area contributed by atoms with Gasteiger partial charge < -0.3 is 9.47 Å². The molecular formula is C57H40N2. The van der Waals surface area contributed by atoms with Crippen LogP contribution in [0.5, 0.6) is 0 Å². The number of nitrogens with zero attached hydrogens (tertiary/aromatic N) is 2. The van der Waals surface area contributed by atoms with Crippen molar-refractivity contribution >= 4 is 38.9 Å². The van der Waals surface area contributed by atoms with E-state index in [4.69, 9.17) is 0 Å². The molecule has 0 saturated carbocycles. The fourth-order valence-corrected chi connectivity index (χ4v) is 10.3. The molecule has 1 aromatic heterocycles. The molecular weight excluding hydrogens is 713 g/mol. The molecule has 0 unspecified atom stereocenters. The smallest absolute Gasteiger partial charge is 0.0541 e. The highest BCUT2D eigenvalue weighted by atomic mass is 15.1. The van der Waals surface area contributed by atoms with E-state index in [-0.39, 0.29) is 5.41 Å². The first kappa shape index (κ1) is 33.7. The molecule has 0 fully saturated rings. The van der Waals surface area contributed by atoms with Gasteiger partial charge in [0.1, 0.15) is 0 Å². The van der Waals surface area contributed by atoms with Gasteiger partial charge in [-0.05, 0) is 135 Å². The Kier molecular flexibility index (Phi) is 7.61. The average molecular weight is 753 g/mol. The zero-order valence-electron chi connectivity index (χ0n) is 32.6. The van der Waals surface area contributed by atoms with Gasteiger partial charge in [0.2, 0.25) is 0 Å². The third-order valence-corrected chi connectivity index (χ3v) is 13.0. The summed E-state index contributed by atoms with van der Waals surface area (Å²) >= 11 is 0. The van der Waals surface area contributed by atoms with Crippen LogP contribution in [-0.2, 0) is 18.3 Å². The Hall–Kier alpha value is -7.42. The van der Waals surface area contributed by atoms with Gasteiger partial charge in [-0.2, -0.15) is 0 Å². The van der Waals surface area contributed by atoms with Gasteiger partial charge in [-0.15, -0.1) is 0 Å². The minimum absolute atomic E-state index is 0.0926. The number of benzene rings is 9. The third kappa shape index (κ3) is 5.34. The van der Waals surface area contributed by atoms with Crippen molar-refractivity contribution in [2.45, 2.75) is 18.3 Å². The van der Waals surface area contributed by atoms with Crippen LogP contribution in [0.1, 0.15) is 22.3 Å². The summed E-state index contributed by atoms with van der Waals surface area (Å²) in [6, 6.07) is 80.6. The maximum absolute atomic E-state index is 2.50. The van der Waals surface area contributed by atoms with Gasteiger partial charge in [-0.25, -0.2) is 0 Å². The third-order valence-electron chi connectivity index (χ3n) is 13.0. The number of para-hydroxylation sites is 2. The van der Waals surface area contributed by atoms with Gasteiger partial charge in [-0.1, -0.05) is 152 Å². The number of rotatable bonds is 6. The zero-order chi connectivity index (χ0) is 38.9. The molecule has 2 heteroatoms. The van der Waals surface area contributed by atoms with Gasteiger partial charge in [0.15, 0.2) is 0 Å². The second kappa shape index (κ2) is 13.3. The van der Waals surface area contributed by atoms with Gasteiger partial charge in [0.05, 0.1) is 11.0 Å². The topological polar surface area (TPSA) is 8.17 Å². The zero-order valence-corrected chi connectivity index (χ0v) is 32.6. The van der Waals surface area contributed by atoms with Crippen molar-refractivity contribution in [2.24, 2.45) is 0 Å². The van der Waals surface area contributed by atoms with E-state index in [1.165, 1.54) is 83.1 Å². The summed E-state index contributed by atoms with van der Waals surface area (Å²) in [4.78, 5) is 2.46. The van der Waals surface area contributed by atoms with Crippen LogP contribution < -0.4 is 4.90 Å². The summed E-state index contributed by atoms with van der Waals surface area (Å²) in [7, 11) is 0. The van der Waals surface area contributed by atoms with Crippen LogP contribution in [0.15, 0.2) is 218 Å². The van der Waals surface area contributed by atoms with Crippen molar-refractivity contribution in [3.8, 4) is 39.1 Å². The summed E-state index contributed by atoms with van der Waals surface area (Å²) in [6.07, 6.45) is 2.03. The molecule has 0 saturated heterocycles. The Morgan fingerprint density at radius 1 is 0.356 bits per heavy atom. The van der Waals surface area contributed by atoms with Crippen LogP contribution in [0, 0.1) is 0 Å². The minimum atomic E-state index is -0.0926. The Morgan fingerprint density at radius 2 is 0.932 bits per heavy atom. The van der Waals surface area contributed by atoms with Crippen LogP contribution in [0.25, 0.3) is 60.9 Å². The molecule has 0 N–H and O–H groups in total. The van der Waals surface area contributed by atoms with Crippen LogP contribution in [0.3, 0.4) is 0 Å². The number of anilines is 3. The number of aromatic nitrogens is 1. The summed E-state index contributed by atoms with van der Waals surface area (Å²) in [6.45, 7) is 0. The number of fused-ring (bicyclic) bond motifs is 9. The fraction of sp³-hybridized carbons (Fsp3) is 0.0526. The molecule has 1 spiro atoms. The second-order valence-electron chi connectivity index (χ2n) is 16.2. The van der Waals surface area contributed by atoms with Crippen molar-refractivity contribution in [1.29, 1.82) is 0 Å². The normalized spacial score (nSPS) is 13.4. The molecule has 0 radical (unpaired) electrons. The lowest BCUT2D eigenvalue weighted by molar-refractivity contribution is 0.563. The quantitative estimate of drug-likeness (QED) is 0.164. The highest BCUT2D eigenvalue weighted by Crippen LogP contribution is 2.56. The predicted octanol–water partition coefficient (Wildman–Crippen LogP) is 14.7. The van der Waals surface area contributed by atoms with Gasteiger partial charge in [0, 0.05) is 38.9 Å². The molecule has 12 rings (SSSR count). The van der Waals surface area contributed by atoms with E-state index in [1.807, 2.05) is 0 Å². The van der Waals surface area contributed by atoms with E-state index in [1.54, 1.807) is 0 Å². The lowest BCUT2D eigenvalue weighted by Gasteiger charge is -2.30. The van der Waals surface area contributed by atoms with E-state index in [0.717, 1.165) is 29.9 Å². The van der Waals surface area contributed by atoms with Crippen LogP contribution in [0.2, 0.25) is 0 Å². The Balaban J connectivity index is 1.01. The lowest BCUT2D eigenvalue weighted by atomic mass is 9.75. The molecule has 0 aliphatic heterocycles. The highest BCUT2D eigenvalue weighted by molar-refractivity contribution is 6.10. The molecule has 0 atom stereocenters. The molecule has 2 nitrogen and oxygen atoms in total. The average Bonchev–Trinajstić information content (AvgIpc) is 3.95. The Morgan fingerprint density at radius 3 is 1.75 bits per heavy atom. The maximum Gasteiger partial charge on any atom is 0.0541 e. The fourth-order valence-electron chi connectivity index (χ4n) is 10.3. The Bertz CT molecular complexity index is 3190. The first-order valence-corrected chi connectivity index (χ1v) is 20.7. The van der Waals surface area contributed by atoms with Gasteiger partial charge in [0.25, 0.3) is 0 Å². The molecule has 0 bridgehead atoms. The summed E-state index contributed by atoms with van der Waals surface area (Å²) in [5, 5.41) is 2.51. The van der Waals surface area contributed by atoms with Crippen molar-refractivity contribution in [3.05, 3.63) is 241 Å². The molecule has 1 heterocycles. The van der Waals surface area contributed by atoms with Crippen molar-refractivity contribution in [2.75, 3.05) is 4.90 Å². The lowest BCUT2D eigenvalue weighted by Crippen LogP contribution is -2.26. The van der Waals surface area contributed by atoms with Crippen molar-refractivity contribution in [1.82, 2.24) is 4.57 Å². The van der Waals surface area contributed by atoms with E-state index >= 15 is 0 Å². The van der Waals surface area contributed by atoms with Gasteiger partial charge >= 0.3 is 0 Å². The molecule has 10 aromatic rings. The van der Waals surface area contributed by atoms with Crippen molar-refractivity contribution < 1.29 is 0 Å². The number of hydrogen-bond acceptors (Lipinski definition) is 1. The second-order valence-corrected chi connectivity index (χ2v) is 16.2. The standard InChI is InChI=1S/C57H40N2/c1-3-14-39(15-4-1)40-26-29-46(30-27-40)58(48-31-32-50-49-22-9-11-24-53(49)57(54(50)36-48)37-43-16-7-8-17-44(43)38-57)47-21-13-18-41(34-47)42-28-33-56-52(35-42)51-23-10-12-25-55(51)59(56)45-19-5-2-6-20-45/h1-36H,37-38H2. The molecule has 0 amide bonds. The first-order chi connectivity index (χ1) is 29.2. The first-order valence-electron chi connectivity index (χ1n) is 20.7. The monoisotopic (exact) mass is 752 g/mol. The molecule has 2 aliphatic carbocycles. The van der Waals surface area contributed by atoms with Gasteiger partial charge in [-0.3, -0.25) is 0 Å². The van der Waals surface area contributed by atoms with Crippen LogP contribution >= 0.6 is 0 Å². The maximum atomic E-state index is 2.50. The van der Waals surface area contributed by atoms with E-state index in [0.29, 0.717) is 0 Å². The van der Waals surface area contributed by atoms with E-state index in [9.17, 15) is 0 Å². The molecule has 278 valence electrons. The van der Waals surface area contributed by atoms with Crippen LogP contribution in [-0.4, -0.2) is 4.57 Å².